The van der Waals surface area contributed by atoms with Crippen LogP contribution in [-0.2, 0) is 13.0 Å². The summed E-state index contributed by atoms with van der Waals surface area (Å²) in [5.74, 6) is 1.17. The summed E-state index contributed by atoms with van der Waals surface area (Å²) in [6.07, 6.45) is 6.12. The molecule has 0 amide bonds. The van der Waals surface area contributed by atoms with Crippen LogP contribution in [0.15, 0.2) is 30.6 Å². The number of aromatic nitrogens is 2. The average molecular weight is 253 g/mol. The lowest BCUT2D eigenvalue weighted by Gasteiger charge is -2.31. The first-order chi connectivity index (χ1) is 9.24. The molecule has 0 spiro atoms. The van der Waals surface area contributed by atoms with Gasteiger partial charge in [-0.25, -0.2) is 4.98 Å². The van der Waals surface area contributed by atoms with Crippen molar-refractivity contribution in [2.75, 3.05) is 11.4 Å². The van der Waals surface area contributed by atoms with Crippen LogP contribution < -0.4 is 4.90 Å². The molecule has 2 aromatic rings. The molecule has 0 aliphatic carbocycles. The summed E-state index contributed by atoms with van der Waals surface area (Å²) in [5.41, 5.74) is 5.14. The molecule has 0 unspecified atom stereocenters. The number of hydrogen-bond acceptors (Lipinski definition) is 3. The van der Waals surface area contributed by atoms with Crippen molar-refractivity contribution in [1.29, 1.82) is 0 Å². The Hall–Kier alpha value is -1.90. The first-order valence-electron chi connectivity index (χ1n) is 6.85. The third-order valence-electron chi connectivity index (χ3n) is 3.70. The quantitative estimate of drug-likeness (QED) is 0.823. The van der Waals surface area contributed by atoms with E-state index in [1.165, 1.54) is 28.9 Å². The molecule has 0 aromatic carbocycles. The van der Waals surface area contributed by atoms with Crippen molar-refractivity contribution in [3.8, 4) is 0 Å². The second kappa shape index (κ2) is 5.00. The molecular weight excluding hydrogens is 234 g/mol. The smallest absolute Gasteiger partial charge is 0.132 e. The van der Waals surface area contributed by atoms with Gasteiger partial charge in [0.2, 0.25) is 0 Å². The molecule has 1 aliphatic rings. The Labute approximate surface area is 114 Å². The van der Waals surface area contributed by atoms with Crippen molar-refractivity contribution in [3.63, 3.8) is 0 Å². The number of anilines is 1. The van der Waals surface area contributed by atoms with Gasteiger partial charge < -0.3 is 4.90 Å². The molecule has 0 N–H and O–H groups in total. The summed E-state index contributed by atoms with van der Waals surface area (Å²) in [4.78, 5) is 11.3. The number of hydrogen-bond donors (Lipinski definition) is 0. The maximum Gasteiger partial charge on any atom is 0.132 e. The lowest BCUT2D eigenvalue weighted by molar-refractivity contribution is 0.672. The fourth-order valence-corrected chi connectivity index (χ4v) is 2.83. The maximum atomic E-state index is 4.76. The fraction of sp³-hybridized carbons (Fsp3) is 0.375. The Balaban J connectivity index is 1.94. The monoisotopic (exact) mass is 253 g/mol. The summed E-state index contributed by atoms with van der Waals surface area (Å²) in [5, 5.41) is 0. The van der Waals surface area contributed by atoms with E-state index in [1.807, 2.05) is 18.5 Å². The topological polar surface area (TPSA) is 29.0 Å². The van der Waals surface area contributed by atoms with E-state index in [-0.39, 0.29) is 0 Å². The van der Waals surface area contributed by atoms with E-state index in [9.17, 15) is 0 Å². The van der Waals surface area contributed by atoms with E-state index in [2.05, 4.69) is 35.9 Å². The highest BCUT2D eigenvalue weighted by atomic mass is 15.2. The first kappa shape index (κ1) is 12.2. The molecule has 0 saturated carbocycles. The number of pyridine rings is 2. The van der Waals surface area contributed by atoms with Crippen LogP contribution >= 0.6 is 0 Å². The predicted octanol–water partition coefficient (Wildman–Crippen LogP) is 3.05. The molecule has 1 aliphatic heterocycles. The van der Waals surface area contributed by atoms with Crippen LogP contribution in [0.25, 0.3) is 0 Å². The van der Waals surface area contributed by atoms with E-state index in [0.29, 0.717) is 0 Å². The molecule has 3 heterocycles. The van der Waals surface area contributed by atoms with Crippen LogP contribution in [0.5, 0.6) is 0 Å². The van der Waals surface area contributed by atoms with Crippen LogP contribution in [-0.4, -0.2) is 16.5 Å². The summed E-state index contributed by atoms with van der Waals surface area (Å²) in [6.45, 7) is 6.25. The summed E-state index contributed by atoms with van der Waals surface area (Å²) in [6, 6.07) is 6.31. The standard InChI is InChI=1S/C16H19N3/c1-12-9-13(2)18-16-15(12)6-4-8-19(16)11-14-5-3-7-17-10-14/h3,5,7,9-10H,4,6,8,11H2,1-2H3. The molecule has 0 radical (unpaired) electrons. The molecule has 2 aromatic heterocycles. The lowest BCUT2D eigenvalue weighted by Crippen LogP contribution is -2.30. The predicted molar refractivity (Wildman–Crippen MR) is 77.3 cm³/mol. The van der Waals surface area contributed by atoms with Gasteiger partial charge in [-0.2, -0.15) is 0 Å². The normalized spacial score (nSPS) is 14.3. The van der Waals surface area contributed by atoms with Gasteiger partial charge in [-0.15, -0.1) is 0 Å². The molecule has 3 rings (SSSR count). The van der Waals surface area contributed by atoms with Gasteiger partial charge >= 0.3 is 0 Å². The average Bonchev–Trinajstić information content (AvgIpc) is 2.41. The summed E-state index contributed by atoms with van der Waals surface area (Å²) >= 11 is 0. The van der Waals surface area contributed by atoms with Gasteiger partial charge in [-0.3, -0.25) is 4.98 Å². The summed E-state index contributed by atoms with van der Waals surface area (Å²) < 4.78 is 0. The van der Waals surface area contributed by atoms with Gasteiger partial charge in [0.05, 0.1) is 0 Å². The van der Waals surface area contributed by atoms with Crippen LogP contribution in [0.1, 0.15) is 28.8 Å². The van der Waals surface area contributed by atoms with Crippen molar-refractivity contribution >= 4 is 5.82 Å². The highest BCUT2D eigenvalue weighted by molar-refractivity contribution is 5.53. The molecule has 0 bridgehead atoms. The zero-order valence-corrected chi connectivity index (χ0v) is 11.6. The summed E-state index contributed by atoms with van der Waals surface area (Å²) in [7, 11) is 0. The Bertz CT molecular complexity index is 578. The Morgan fingerprint density at radius 2 is 2.21 bits per heavy atom. The SMILES string of the molecule is Cc1cc(C)c2c(n1)N(Cc1cccnc1)CCC2. The van der Waals surface area contributed by atoms with Gasteiger partial charge in [0.1, 0.15) is 5.82 Å². The van der Waals surface area contributed by atoms with Crippen LogP contribution in [0, 0.1) is 13.8 Å². The minimum Gasteiger partial charge on any atom is -0.352 e. The van der Waals surface area contributed by atoms with E-state index >= 15 is 0 Å². The third-order valence-corrected chi connectivity index (χ3v) is 3.70. The van der Waals surface area contributed by atoms with Crippen molar-refractivity contribution in [3.05, 3.63) is 53.0 Å². The minimum atomic E-state index is 0.900. The minimum absolute atomic E-state index is 0.900. The van der Waals surface area contributed by atoms with Crippen molar-refractivity contribution < 1.29 is 0 Å². The third kappa shape index (κ3) is 2.46. The van der Waals surface area contributed by atoms with Crippen molar-refractivity contribution in [2.45, 2.75) is 33.2 Å². The number of nitrogens with zero attached hydrogens (tertiary/aromatic N) is 3. The molecule has 0 atom stereocenters. The molecule has 0 fully saturated rings. The molecule has 3 nitrogen and oxygen atoms in total. The number of rotatable bonds is 2. The lowest BCUT2D eigenvalue weighted by atomic mass is 9.99. The van der Waals surface area contributed by atoms with Gasteiger partial charge in [-0.1, -0.05) is 6.07 Å². The van der Waals surface area contributed by atoms with Gasteiger partial charge in [0.25, 0.3) is 0 Å². The van der Waals surface area contributed by atoms with E-state index < -0.39 is 0 Å². The van der Waals surface area contributed by atoms with Crippen molar-refractivity contribution in [2.24, 2.45) is 0 Å². The van der Waals surface area contributed by atoms with E-state index in [4.69, 9.17) is 4.98 Å². The van der Waals surface area contributed by atoms with Gasteiger partial charge in [-0.05, 0) is 55.5 Å². The zero-order chi connectivity index (χ0) is 13.2. The fourth-order valence-electron chi connectivity index (χ4n) is 2.83. The second-order valence-electron chi connectivity index (χ2n) is 5.27. The molecule has 19 heavy (non-hydrogen) atoms. The van der Waals surface area contributed by atoms with Crippen LogP contribution in [0.3, 0.4) is 0 Å². The largest absolute Gasteiger partial charge is 0.352 e. The van der Waals surface area contributed by atoms with E-state index in [1.54, 1.807) is 0 Å². The number of fused-ring (bicyclic) bond motifs is 1. The van der Waals surface area contributed by atoms with Crippen LogP contribution in [0.2, 0.25) is 0 Å². The number of aryl methyl sites for hydroxylation is 2. The highest BCUT2D eigenvalue weighted by Gasteiger charge is 2.20. The highest BCUT2D eigenvalue weighted by Crippen LogP contribution is 2.29. The van der Waals surface area contributed by atoms with E-state index in [0.717, 1.165) is 25.2 Å². The molecule has 3 heteroatoms. The van der Waals surface area contributed by atoms with Crippen molar-refractivity contribution in [1.82, 2.24) is 9.97 Å². The Morgan fingerprint density at radius 3 is 3.00 bits per heavy atom. The van der Waals surface area contributed by atoms with Crippen LogP contribution in [0.4, 0.5) is 5.82 Å². The second-order valence-corrected chi connectivity index (χ2v) is 5.27. The zero-order valence-electron chi connectivity index (χ0n) is 11.6. The Morgan fingerprint density at radius 1 is 1.32 bits per heavy atom. The maximum absolute atomic E-state index is 4.76. The molecule has 0 saturated heterocycles. The van der Waals surface area contributed by atoms with Gasteiger partial charge in [0.15, 0.2) is 0 Å². The molecule has 98 valence electrons. The Kier molecular flexibility index (Phi) is 3.20. The first-order valence-corrected chi connectivity index (χ1v) is 6.85. The molecular formula is C16H19N3. The van der Waals surface area contributed by atoms with Gasteiger partial charge in [0, 0.05) is 31.2 Å².